The van der Waals surface area contributed by atoms with E-state index < -0.39 is 230 Å². The van der Waals surface area contributed by atoms with Crippen molar-refractivity contribution < 1.29 is 97.1 Å². The Bertz CT molecular complexity index is 4170. The zero-order valence-electron chi connectivity index (χ0n) is 68.5. The molecule has 672 valence electrons. The Kier molecular flexibility index (Phi) is 41.1. The summed E-state index contributed by atoms with van der Waals surface area (Å²) in [6.07, 6.45) is 0.739. The number of primary amides is 1. The number of amides is 15. The summed E-state index contributed by atoms with van der Waals surface area (Å²) < 4.78 is 0. The highest BCUT2D eigenvalue weighted by Crippen LogP contribution is 2.27. The maximum atomic E-state index is 14.8. The topological polar surface area (TPSA) is 758 Å². The minimum absolute atomic E-state index is 0.0156. The Morgan fingerprint density at radius 3 is 1.46 bits per heavy atom. The first-order valence-corrected chi connectivity index (χ1v) is 40.0. The minimum Gasteiger partial charge on any atom is -0.481 e. The van der Waals surface area contributed by atoms with Crippen LogP contribution in [0, 0.1) is 28.1 Å². The molecule has 13 atom stereocenters. The smallest absolute Gasteiger partial charge is 0.305 e. The number of nitrogens with two attached hydrogens (primary N) is 5. The molecule has 3 aromatic rings. The number of aliphatic hydroxyl groups excluding tert-OH is 3. The van der Waals surface area contributed by atoms with Crippen molar-refractivity contribution in [2.75, 3.05) is 65.6 Å². The number of nitrogens with one attached hydrogen (secondary N) is 19. The van der Waals surface area contributed by atoms with Crippen molar-refractivity contribution in [3.63, 3.8) is 0 Å². The molecule has 1 aromatic heterocycles. The second-order valence-corrected chi connectivity index (χ2v) is 30.1. The number of carbonyl (C=O) groups is 16. The number of rotatable bonds is 51. The third kappa shape index (κ3) is 32.4. The fraction of sp³-hybridized carbons (Fsp3) is 0.566. The summed E-state index contributed by atoms with van der Waals surface area (Å²) in [5, 5.41) is 102. The van der Waals surface area contributed by atoms with Crippen molar-refractivity contribution in [1.82, 2.24) is 94.5 Å². The van der Waals surface area contributed by atoms with Crippen LogP contribution in [0.3, 0.4) is 0 Å². The molecule has 33 N–H and O–H groups in total. The number of aliphatic carboxylic acids is 1. The van der Waals surface area contributed by atoms with Crippen molar-refractivity contribution in [3.05, 3.63) is 71.9 Å². The number of H-pyrrole nitrogens is 1. The number of carbonyl (C=O) groups excluding carboxylic acids is 15. The monoisotopic (exact) mass is 1710 g/mol. The van der Waals surface area contributed by atoms with Gasteiger partial charge in [-0.05, 0) is 99.7 Å². The molecule has 2 aliphatic heterocycles. The number of aromatic amines is 1. The Balaban J connectivity index is 1.32. The number of nitrogens with zero attached hydrogens (tertiary/aromatic N) is 2. The number of para-hydroxylation sites is 1. The van der Waals surface area contributed by atoms with Gasteiger partial charge in [0, 0.05) is 62.7 Å². The number of carboxylic acids is 1. The fourth-order valence-corrected chi connectivity index (χ4v) is 13.6. The third-order valence-corrected chi connectivity index (χ3v) is 19.9. The van der Waals surface area contributed by atoms with Crippen LogP contribution in [-0.2, 0) is 89.6 Å². The molecule has 15 amide bonds. The van der Waals surface area contributed by atoms with Crippen LogP contribution in [-0.4, -0.2) is 292 Å². The van der Waals surface area contributed by atoms with E-state index in [4.69, 9.17) is 44.9 Å². The Morgan fingerprint density at radius 2 is 0.926 bits per heavy atom. The van der Waals surface area contributed by atoms with E-state index in [1.165, 1.54) is 23.6 Å². The average Bonchev–Trinajstić information content (AvgIpc) is 1.65. The first-order valence-electron chi connectivity index (χ1n) is 40.0. The highest BCUT2D eigenvalue weighted by molar-refractivity contribution is 6.01. The van der Waals surface area contributed by atoms with Gasteiger partial charge in [0.15, 0.2) is 17.9 Å². The van der Waals surface area contributed by atoms with Crippen LogP contribution in [0.5, 0.6) is 0 Å². The van der Waals surface area contributed by atoms with Gasteiger partial charge < -0.3 is 144 Å². The molecule has 0 radical (unpaired) electrons. The molecule has 0 aliphatic carbocycles. The molecule has 0 spiro atoms. The van der Waals surface area contributed by atoms with Crippen LogP contribution < -0.4 is 108 Å². The molecular formula is C76H118N26O20. The fourth-order valence-electron chi connectivity index (χ4n) is 13.6. The van der Waals surface area contributed by atoms with E-state index in [0.29, 0.717) is 28.5 Å². The van der Waals surface area contributed by atoms with E-state index in [1.54, 1.807) is 74.6 Å². The molecule has 122 heavy (non-hydrogen) atoms. The maximum Gasteiger partial charge on any atom is 0.305 e. The molecule has 0 saturated carbocycles. The predicted molar refractivity (Wildman–Crippen MR) is 439 cm³/mol. The number of hydrogen-bond acceptors (Lipinski definition) is 23. The van der Waals surface area contributed by atoms with E-state index >= 15 is 0 Å². The lowest BCUT2D eigenvalue weighted by molar-refractivity contribution is -0.148. The summed E-state index contributed by atoms with van der Waals surface area (Å²) >= 11 is 0. The number of benzene rings is 2. The SMILES string of the molecule is CC(C)C[C@H](NC(=O)[C@H](Cc1c[nH]c2ccccc12)NC(=O)CNC(=O)[C@H](CCCNC(=N)N)NC(=O)[C@H](CO)NC(=O)[C@H](CCCNC(=N)N)NC(=O)[C@H](Cc1ccccc1)NC(=O)[C@@H](NC(=O)[C@H](CO)NC(=O)[C@H](CC(=O)O)NC(=O)[C@@H]1CCCN1C(=O)[C@@H]1CCCN1C(=O)[C@H](CCCNC(=N)N)NC(=O)CN)C(C)C)C(=O)N[C@@H](CO)C(N)=O. The second-order valence-electron chi connectivity index (χ2n) is 30.1. The highest BCUT2D eigenvalue weighted by atomic mass is 16.4. The van der Waals surface area contributed by atoms with Crippen molar-refractivity contribution in [2.24, 2.45) is 40.5 Å². The van der Waals surface area contributed by atoms with Crippen LogP contribution in [0.25, 0.3) is 10.9 Å². The normalized spacial score (nSPS) is 16.3. The lowest BCUT2D eigenvalue weighted by Crippen LogP contribution is -2.62. The molecule has 2 saturated heterocycles. The third-order valence-electron chi connectivity index (χ3n) is 19.9. The molecule has 2 aliphatic rings. The number of aromatic nitrogens is 1. The van der Waals surface area contributed by atoms with Gasteiger partial charge in [-0.1, -0.05) is 76.2 Å². The predicted octanol–water partition coefficient (Wildman–Crippen LogP) is -9.23. The quantitative estimate of drug-likeness (QED) is 0.0142. The van der Waals surface area contributed by atoms with Crippen LogP contribution in [0.4, 0.5) is 0 Å². The van der Waals surface area contributed by atoms with Crippen molar-refractivity contribution in [1.29, 1.82) is 16.2 Å². The maximum absolute atomic E-state index is 14.8. The summed E-state index contributed by atoms with van der Waals surface area (Å²) in [7, 11) is 0. The summed E-state index contributed by atoms with van der Waals surface area (Å²) in [6.45, 7) is 2.26. The van der Waals surface area contributed by atoms with Crippen molar-refractivity contribution in [3.8, 4) is 0 Å². The first kappa shape index (κ1) is 99.7. The van der Waals surface area contributed by atoms with Gasteiger partial charge in [-0.2, -0.15) is 0 Å². The first-order chi connectivity index (χ1) is 57.9. The van der Waals surface area contributed by atoms with Gasteiger partial charge in [0.05, 0.1) is 39.3 Å². The number of carboxylic acid groups (broad SMARTS) is 1. The van der Waals surface area contributed by atoms with Gasteiger partial charge >= 0.3 is 5.97 Å². The van der Waals surface area contributed by atoms with Crippen LogP contribution >= 0.6 is 0 Å². The number of likely N-dealkylation sites (tertiary alicyclic amines) is 2. The summed E-state index contributed by atoms with van der Waals surface area (Å²) in [5.41, 5.74) is 28.9. The van der Waals surface area contributed by atoms with Gasteiger partial charge in [0.25, 0.3) is 0 Å². The van der Waals surface area contributed by atoms with E-state index in [9.17, 15) is 97.1 Å². The van der Waals surface area contributed by atoms with E-state index in [0.717, 1.165) is 0 Å². The van der Waals surface area contributed by atoms with E-state index in [1.807, 2.05) is 0 Å². The van der Waals surface area contributed by atoms with Gasteiger partial charge in [-0.15, -0.1) is 0 Å². The van der Waals surface area contributed by atoms with E-state index in [-0.39, 0.29) is 122 Å². The van der Waals surface area contributed by atoms with Crippen LogP contribution in [0.1, 0.15) is 116 Å². The summed E-state index contributed by atoms with van der Waals surface area (Å²) in [5.74, 6) is -18.4. The Morgan fingerprint density at radius 1 is 0.475 bits per heavy atom. The van der Waals surface area contributed by atoms with Gasteiger partial charge in [0.2, 0.25) is 88.6 Å². The minimum atomic E-state index is -1.95. The summed E-state index contributed by atoms with van der Waals surface area (Å²) in [4.78, 5) is 227. The molecule has 2 aromatic carbocycles. The second kappa shape index (κ2) is 50.3. The highest BCUT2D eigenvalue weighted by Gasteiger charge is 2.45. The van der Waals surface area contributed by atoms with Gasteiger partial charge in [-0.25, -0.2) is 0 Å². The zero-order chi connectivity index (χ0) is 90.4. The molecule has 0 bridgehead atoms. The largest absolute Gasteiger partial charge is 0.481 e. The molecule has 5 rings (SSSR count). The molecular weight excluding hydrogens is 1600 g/mol. The molecule has 46 nitrogen and oxygen atoms in total. The van der Waals surface area contributed by atoms with E-state index in [2.05, 4.69) is 84.7 Å². The molecule has 3 heterocycles. The molecule has 0 unspecified atom stereocenters. The van der Waals surface area contributed by atoms with Crippen molar-refractivity contribution >= 4 is 123 Å². The van der Waals surface area contributed by atoms with Gasteiger partial charge in [0.1, 0.15) is 78.5 Å². The van der Waals surface area contributed by atoms with Crippen molar-refractivity contribution in [2.45, 2.75) is 196 Å². The summed E-state index contributed by atoms with van der Waals surface area (Å²) in [6, 6.07) is -4.87. The zero-order valence-corrected chi connectivity index (χ0v) is 68.5. The Hall–Kier alpha value is -12.8. The van der Waals surface area contributed by atoms with Gasteiger partial charge in [-0.3, -0.25) is 92.9 Å². The number of fused-ring (bicyclic) bond motifs is 1. The average molecular weight is 1720 g/mol. The number of guanidine groups is 3. The Labute approximate surface area is 702 Å². The molecule has 2 fully saturated rings. The van der Waals surface area contributed by atoms with Crippen LogP contribution in [0.15, 0.2) is 60.8 Å². The lowest BCUT2D eigenvalue weighted by atomic mass is 10.00. The lowest BCUT2D eigenvalue weighted by Gasteiger charge is -2.33. The van der Waals surface area contributed by atoms with Crippen LogP contribution in [0.2, 0.25) is 0 Å². The molecule has 46 heteroatoms. The number of hydrogen-bond donors (Lipinski definition) is 28. The standard InChI is InChI=1S/C76H118N26O20/c1-39(2)29-48(64(113)97-52(36-103)61(78)110)94-66(115)50(31-42-34-88-44-18-9-8-17-43(42)44)91-58(107)35-89-62(111)45(19-10-24-85-74(79)80)92-68(117)53(37-104)98-63(112)46(20-11-25-86-75(81)82)93-65(114)49(30-41-15-6-5-7-16-41)96-71(120)60(40(3)4)100-69(118)54(38-105)99-67(116)51(32-59(108)109)95-70(119)55-22-13-27-101(55)73(122)56-23-14-28-102(56)72(121)47(90-57(106)33-77)21-12-26-87-76(83)84/h5-9,15-18,34,39-40,45-56,60,88,103-105H,10-14,19-33,35-38,77H2,1-4H3,(H2,78,110)(H,89,111)(H,90,106)(H,91,107)(H,92,117)(H,93,114)(H,94,115)(H,95,119)(H,96,120)(H,97,113)(H,98,112)(H,99,116)(H,100,118)(H,108,109)(H4,79,80,85)(H4,81,82,86)(H4,83,84,87)/t45-,46-,47-,48-,49-,50-,51-,52-,53-,54-,55-,56-,60-/m0/s1. The number of aliphatic hydroxyl groups is 3.